The Morgan fingerprint density at radius 3 is 2.83 bits per heavy atom. The van der Waals surface area contributed by atoms with Gasteiger partial charge in [-0.15, -0.1) is 0 Å². The van der Waals surface area contributed by atoms with Crippen molar-refractivity contribution < 1.29 is 14.3 Å². The van der Waals surface area contributed by atoms with Crippen molar-refractivity contribution in [1.82, 2.24) is 0 Å². The maximum Gasteiger partial charge on any atom is 0.336 e. The molecule has 4 heteroatoms. The van der Waals surface area contributed by atoms with Crippen LogP contribution in [0.25, 0.3) is 0 Å². The first kappa shape index (κ1) is 14.0. The number of allylic oxidation sites excluding steroid dienone is 2. The van der Waals surface area contributed by atoms with Crippen LogP contribution in [0.5, 0.6) is 0 Å². The van der Waals surface area contributed by atoms with Gasteiger partial charge in [0, 0.05) is 11.6 Å². The van der Waals surface area contributed by atoms with E-state index in [0.29, 0.717) is 5.56 Å². The Balaban J connectivity index is 1.83. The molecule has 2 N–H and O–H groups in total. The Morgan fingerprint density at radius 2 is 2.00 bits per heavy atom. The van der Waals surface area contributed by atoms with E-state index < -0.39 is 5.97 Å². The van der Waals surface area contributed by atoms with E-state index in [2.05, 4.69) is 17.5 Å². The van der Waals surface area contributed by atoms with Crippen molar-refractivity contribution in [1.29, 1.82) is 0 Å². The average molecular weight is 309 g/mol. The topological polar surface area (TPSA) is 49.3 Å². The van der Waals surface area contributed by atoms with Gasteiger partial charge in [0.25, 0.3) is 0 Å². The first-order chi connectivity index (χ1) is 11.1. The maximum atomic E-state index is 13.6. The zero-order chi connectivity index (χ0) is 16.0. The predicted octanol–water partition coefficient (Wildman–Crippen LogP) is 4.35. The number of carbonyl (C=O) groups is 1. The number of halogens is 1. The van der Waals surface area contributed by atoms with Crippen molar-refractivity contribution in [3.63, 3.8) is 0 Å². The molecule has 0 saturated heterocycles. The van der Waals surface area contributed by atoms with Gasteiger partial charge in [0.1, 0.15) is 5.82 Å². The first-order valence-electron chi connectivity index (χ1n) is 7.70. The van der Waals surface area contributed by atoms with Gasteiger partial charge in [0.15, 0.2) is 0 Å². The van der Waals surface area contributed by atoms with Crippen molar-refractivity contribution in [2.75, 3.05) is 5.32 Å². The Kier molecular flexibility index (Phi) is 3.18. The van der Waals surface area contributed by atoms with Gasteiger partial charge in [0.2, 0.25) is 0 Å². The van der Waals surface area contributed by atoms with Crippen molar-refractivity contribution >= 4 is 11.7 Å². The molecule has 2 aromatic rings. The van der Waals surface area contributed by atoms with E-state index in [4.69, 9.17) is 0 Å². The number of carboxylic acids is 1. The molecule has 0 saturated carbocycles. The molecule has 3 nitrogen and oxygen atoms in total. The van der Waals surface area contributed by atoms with Gasteiger partial charge >= 0.3 is 5.97 Å². The lowest BCUT2D eigenvalue weighted by Crippen LogP contribution is -2.30. The van der Waals surface area contributed by atoms with Gasteiger partial charge in [0.05, 0.1) is 11.6 Å². The molecule has 116 valence electrons. The number of hydrogen-bond acceptors (Lipinski definition) is 2. The zero-order valence-corrected chi connectivity index (χ0v) is 12.4. The highest BCUT2D eigenvalue weighted by Crippen LogP contribution is 2.50. The molecule has 3 atom stereocenters. The highest BCUT2D eigenvalue weighted by Gasteiger charge is 2.39. The molecule has 2 aliphatic rings. The standard InChI is InChI=1S/C19H16FNO2/c20-11-8-9-17-16(10-11)12-6-3-7-13(12)18(21-17)14-4-1-2-5-15(14)19(22)23/h1-6,8-10,12-13,18,21H,7H2,(H,22,23)/t12-,13-,18-/m1/s1. The summed E-state index contributed by atoms with van der Waals surface area (Å²) in [5.74, 6) is -0.845. The third-order valence-electron chi connectivity index (χ3n) is 4.85. The van der Waals surface area contributed by atoms with E-state index >= 15 is 0 Å². The number of carboxylic acid groups (broad SMARTS) is 1. The molecule has 0 spiro atoms. The van der Waals surface area contributed by atoms with Gasteiger partial charge in [-0.05, 0) is 47.7 Å². The molecule has 23 heavy (non-hydrogen) atoms. The molecule has 2 aromatic carbocycles. The number of anilines is 1. The molecular formula is C19H16FNO2. The summed E-state index contributed by atoms with van der Waals surface area (Å²) in [4.78, 5) is 11.6. The zero-order valence-electron chi connectivity index (χ0n) is 12.4. The molecule has 0 fully saturated rings. The number of fused-ring (bicyclic) bond motifs is 3. The van der Waals surface area contributed by atoms with Crippen LogP contribution in [0.1, 0.15) is 39.9 Å². The van der Waals surface area contributed by atoms with Crippen LogP contribution in [0.2, 0.25) is 0 Å². The fourth-order valence-electron chi connectivity index (χ4n) is 3.84. The lowest BCUT2D eigenvalue weighted by atomic mass is 9.76. The Bertz CT molecular complexity index is 815. The lowest BCUT2D eigenvalue weighted by molar-refractivity contribution is 0.0694. The average Bonchev–Trinajstić information content (AvgIpc) is 3.04. The van der Waals surface area contributed by atoms with Crippen LogP contribution in [0, 0.1) is 11.7 Å². The third-order valence-corrected chi connectivity index (χ3v) is 4.85. The van der Waals surface area contributed by atoms with Crippen molar-refractivity contribution in [3.8, 4) is 0 Å². The van der Waals surface area contributed by atoms with Crippen molar-refractivity contribution in [3.05, 3.63) is 77.1 Å². The summed E-state index contributed by atoms with van der Waals surface area (Å²) in [6, 6.07) is 11.8. The monoisotopic (exact) mass is 309 g/mol. The Morgan fingerprint density at radius 1 is 1.17 bits per heavy atom. The summed E-state index contributed by atoms with van der Waals surface area (Å²) in [6.07, 6.45) is 5.07. The molecule has 1 aliphatic carbocycles. The molecule has 0 radical (unpaired) electrons. The van der Waals surface area contributed by atoms with Crippen molar-refractivity contribution in [2.45, 2.75) is 18.4 Å². The van der Waals surface area contributed by atoms with Crippen LogP contribution in [-0.4, -0.2) is 11.1 Å². The van der Waals surface area contributed by atoms with Crippen LogP contribution in [0.15, 0.2) is 54.6 Å². The lowest BCUT2D eigenvalue weighted by Gasteiger charge is -2.38. The van der Waals surface area contributed by atoms with Gasteiger partial charge in [-0.2, -0.15) is 0 Å². The number of benzene rings is 2. The van der Waals surface area contributed by atoms with Crippen LogP contribution < -0.4 is 5.32 Å². The van der Waals surface area contributed by atoms with Gasteiger partial charge < -0.3 is 10.4 Å². The Labute approximate surface area is 133 Å². The molecule has 0 bridgehead atoms. The van der Waals surface area contributed by atoms with E-state index in [1.807, 2.05) is 12.1 Å². The summed E-state index contributed by atoms with van der Waals surface area (Å²) in [6.45, 7) is 0. The SMILES string of the molecule is O=C(O)c1ccccc1[C@@H]1Nc2ccc(F)cc2[C@@H]2C=CC[C@H]21. The summed E-state index contributed by atoms with van der Waals surface area (Å²) in [5.41, 5.74) is 2.94. The second-order valence-electron chi connectivity index (χ2n) is 6.10. The van der Waals surface area contributed by atoms with Crippen molar-refractivity contribution in [2.24, 2.45) is 5.92 Å². The summed E-state index contributed by atoms with van der Waals surface area (Å²) in [7, 11) is 0. The van der Waals surface area contributed by atoms with Gasteiger partial charge in [-0.3, -0.25) is 0 Å². The van der Waals surface area contributed by atoms with E-state index in [1.165, 1.54) is 6.07 Å². The van der Waals surface area contributed by atoms with E-state index in [0.717, 1.165) is 23.2 Å². The number of nitrogens with one attached hydrogen (secondary N) is 1. The van der Waals surface area contributed by atoms with Crippen LogP contribution in [-0.2, 0) is 0 Å². The minimum Gasteiger partial charge on any atom is -0.478 e. The minimum atomic E-state index is -0.921. The molecular weight excluding hydrogens is 293 g/mol. The molecule has 0 aromatic heterocycles. The quantitative estimate of drug-likeness (QED) is 0.811. The van der Waals surface area contributed by atoms with Gasteiger partial charge in [-0.25, -0.2) is 9.18 Å². The highest BCUT2D eigenvalue weighted by molar-refractivity contribution is 5.89. The fraction of sp³-hybridized carbons (Fsp3) is 0.211. The molecule has 1 heterocycles. The fourth-order valence-corrected chi connectivity index (χ4v) is 3.84. The predicted molar refractivity (Wildman–Crippen MR) is 86.2 cm³/mol. The third kappa shape index (κ3) is 2.22. The normalized spacial score (nSPS) is 24.7. The Hall–Kier alpha value is -2.62. The molecule has 0 unspecified atom stereocenters. The molecule has 4 rings (SSSR count). The maximum absolute atomic E-state index is 13.6. The summed E-state index contributed by atoms with van der Waals surface area (Å²) < 4.78 is 13.6. The highest BCUT2D eigenvalue weighted by atomic mass is 19.1. The first-order valence-corrected chi connectivity index (χ1v) is 7.70. The second-order valence-corrected chi connectivity index (χ2v) is 6.10. The number of aromatic carboxylic acids is 1. The number of hydrogen-bond donors (Lipinski definition) is 2. The molecule has 1 aliphatic heterocycles. The van der Waals surface area contributed by atoms with Crippen LogP contribution in [0.4, 0.5) is 10.1 Å². The summed E-state index contributed by atoms with van der Waals surface area (Å²) >= 11 is 0. The minimum absolute atomic E-state index is 0.0970. The van der Waals surface area contributed by atoms with E-state index in [-0.39, 0.29) is 23.7 Å². The smallest absolute Gasteiger partial charge is 0.336 e. The van der Waals surface area contributed by atoms with Gasteiger partial charge in [-0.1, -0.05) is 30.4 Å². The van der Waals surface area contributed by atoms with E-state index in [9.17, 15) is 14.3 Å². The van der Waals surface area contributed by atoms with Crippen LogP contribution in [0.3, 0.4) is 0 Å². The molecule has 0 amide bonds. The largest absolute Gasteiger partial charge is 0.478 e. The number of rotatable bonds is 2. The summed E-state index contributed by atoms with van der Waals surface area (Å²) in [5, 5.41) is 12.9. The second kappa shape index (κ2) is 5.23. The van der Waals surface area contributed by atoms with Crippen LogP contribution >= 0.6 is 0 Å². The van der Waals surface area contributed by atoms with E-state index in [1.54, 1.807) is 24.3 Å².